The van der Waals surface area contributed by atoms with Gasteiger partial charge in [-0.15, -0.1) is 0 Å². The molecule has 1 aliphatic heterocycles. The molecule has 1 aliphatic rings. The highest BCUT2D eigenvalue weighted by molar-refractivity contribution is 6.46. The van der Waals surface area contributed by atoms with Gasteiger partial charge in [-0.05, 0) is 66.2 Å². The highest BCUT2D eigenvalue weighted by Crippen LogP contribution is 2.36. The predicted molar refractivity (Wildman–Crippen MR) is 168 cm³/mol. The van der Waals surface area contributed by atoms with E-state index >= 15 is 0 Å². The van der Waals surface area contributed by atoms with E-state index in [1.165, 1.54) is 30.3 Å². The fourth-order valence-corrected chi connectivity index (χ4v) is 5.13. The van der Waals surface area contributed by atoms with Gasteiger partial charge in [0.2, 0.25) is 0 Å². The maximum absolute atomic E-state index is 13.6. The van der Waals surface area contributed by atoms with Crippen molar-refractivity contribution in [1.29, 1.82) is 0 Å². The number of halogens is 4. The Morgan fingerprint density at radius 2 is 1.23 bits per heavy atom. The smallest absolute Gasteiger partial charge is 0.343 e. The fourth-order valence-electron chi connectivity index (χ4n) is 4.22. The Labute approximate surface area is 266 Å². The van der Waals surface area contributed by atoms with Crippen LogP contribution in [0.3, 0.4) is 0 Å². The maximum atomic E-state index is 13.6. The normalized spacial score (nSPS) is 13.3. The van der Waals surface area contributed by atoms with E-state index in [0.717, 1.165) is 9.80 Å². The average Bonchev–Trinajstić information content (AvgIpc) is 2.98. The van der Waals surface area contributed by atoms with Crippen LogP contribution in [0.5, 0.6) is 5.75 Å². The summed E-state index contributed by atoms with van der Waals surface area (Å²) >= 11 is 24.7. The number of imide groups is 2. The first-order valence-electron chi connectivity index (χ1n) is 12.6. The van der Waals surface area contributed by atoms with Crippen LogP contribution in [0.2, 0.25) is 20.1 Å². The summed E-state index contributed by atoms with van der Waals surface area (Å²) in [5.41, 5.74) is 0.979. The number of para-hydroxylation sites is 2. The molecule has 4 aromatic carbocycles. The van der Waals surface area contributed by atoms with Gasteiger partial charge in [-0.25, -0.2) is 14.6 Å². The van der Waals surface area contributed by atoms with Gasteiger partial charge in [0.25, 0.3) is 17.7 Å². The van der Waals surface area contributed by atoms with E-state index in [0.29, 0.717) is 10.7 Å². The number of benzene rings is 4. The zero-order valence-electron chi connectivity index (χ0n) is 21.9. The van der Waals surface area contributed by atoms with Crippen LogP contribution >= 0.6 is 46.4 Å². The molecule has 216 valence electrons. The van der Waals surface area contributed by atoms with Gasteiger partial charge in [0.1, 0.15) is 5.57 Å². The molecule has 1 N–H and O–H groups in total. The molecule has 43 heavy (non-hydrogen) atoms. The monoisotopic (exact) mass is 653 g/mol. The highest BCUT2D eigenvalue weighted by atomic mass is 35.5. The fraction of sp³-hybridized carbons (Fsp3) is 0.0323. The molecule has 1 fully saturated rings. The van der Waals surface area contributed by atoms with Crippen molar-refractivity contribution in [2.45, 2.75) is 0 Å². The van der Waals surface area contributed by atoms with Crippen LogP contribution in [0, 0.1) is 0 Å². The van der Waals surface area contributed by atoms with E-state index in [9.17, 15) is 19.2 Å². The van der Waals surface area contributed by atoms with Crippen molar-refractivity contribution in [1.82, 2.24) is 0 Å². The van der Waals surface area contributed by atoms with E-state index in [4.69, 9.17) is 51.1 Å². The van der Waals surface area contributed by atoms with Crippen molar-refractivity contribution in [3.8, 4) is 5.75 Å². The van der Waals surface area contributed by atoms with Crippen LogP contribution in [-0.2, 0) is 14.4 Å². The number of nitrogens with zero attached hydrogens (tertiary/aromatic N) is 2. The van der Waals surface area contributed by atoms with E-state index < -0.39 is 30.4 Å². The molecule has 1 saturated heterocycles. The SMILES string of the molecule is O=C(COc1c(Cl)cc(C=C2C(=O)N(c3ccccc3)C(=O)N(c3ccccc3)C2=O)cc1Cl)Nc1ccc(Cl)c(Cl)c1. The van der Waals surface area contributed by atoms with Gasteiger partial charge >= 0.3 is 6.03 Å². The second-order valence-electron chi connectivity index (χ2n) is 9.07. The Balaban J connectivity index is 1.42. The third kappa shape index (κ3) is 6.53. The minimum Gasteiger partial charge on any atom is -0.481 e. The zero-order chi connectivity index (χ0) is 30.7. The van der Waals surface area contributed by atoms with E-state index in [1.54, 1.807) is 66.7 Å². The van der Waals surface area contributed by atoms with Gasteiger partial charge in [-0.2, -0.15) is 0 Å². The molecule has 0 saturated carbocycles. The third-order valence-electron chi connectivity index (χ3n) is 6.16. The molecule has 0 unspecified atom stereocenters. The molecule has 0 aliphatic carbocycles. The number of carbonyl (C=O) groups excluding carboxylic acids is 4. The lowest BCUT2D eigenvalue weighted by atomic mass is 10.0. The Bertz CT molecular complexity index is 1690. The largest absolute Gasteiger partial charge is 0.481 e. The van der Waals surface area contributed by atoms with Crippen LogP contribution in [0.15, 0.2) is 96.6 Å². The second-order valence-corrected chi connectivity index (χ2v) is 10.7. The number of amides is 5. The first-order valence-corrected chi connectivity index (χ1v) is 14.1. The quantitative estimate of drug-likeness (QED) is 0.161. The van der Waals surface area contributed by atoms with Gasteiger partial charge < -0.3 is 10.1 Å². The summed E-state index contributed by atoms with van der Waals surface area (Å²) < 4.78 is 5.56. The standard InChI is InChI=1S/C31H19Cl4N3O5/c32-23-12-11-19(16-24(23)33)36-27(39)17-43-28-25(34)14-18(15-26(28)35)13-22-29(40)37(20-7-3-1-4-8-20)31(42)38(30(22)41)21-9-5-2-6-10-21/h1-16H,17H2,(H,36,39). The summed E-state index contributed by atoms with van der Waals surface area (Å²) in [7, 11) is 0. The number of anilines is 3. The van der Waals surface area contributed by atoms with E-state index in [2.05, 4.69) is 5.32 Å². The summed E-state index contributed by atoms with van der Waals surface area (Å²) in [5, 5.41) is 3.28. The second kappa shape index (κ2) is 12.9. The van der Waals surface area contributed by atoms with Crippen molar-refractivity contribution in [2.24, 2.45) is 0 Å². The summed E-state index contributed by atoms with van der Waals surface area (Å²) in [6.45, 7) is -0.433. The van der Waals surface area contributed by atoms with Crippen LogP contribution in [0.25, 0.3) is 6.08 Å². The molecule has 0 bridgehead atoms. The van der Waals surface area contributed by atoms with Crippen LogP contribution in [-0.4, -0.2) is 30.4 Å². The van der Waals surface area contributed by atoms with E-state index in [1.807, 2.05) is 0 Å². The number of rotatable bonds is 7. The first-order chi connectivity index (χ1) is 20.6. The van der Waals surface area contributed by atoms with Crippen molar-refractivity contribution < 1.29 is 23.9 Å². The van der Waals surface area contributed by atoms with Crippen molar-refractivity contribution in [2.75, 3.05) is 21.7 Å². The molecule has 0 aromatic heterocycles. The van der Waals surface area contributed by atoms with Crippen molar-refractivity contribution in [3.63, 3.8) is 0 Å². The molecule has 5 amide bonds. The molecule has 12 heteroatoms. The van der Waals surface area contributed by atoms with E-state index in [-0.39, 0.29) is 43.3 Å². The Kier molecular flexibility index (Phi) is 9.03. The van der Waals surface area contributed by atoms with Gasteiger partial charge in [-0.1, -0.05) is 82.8 Å². The minimum atomic E-state index is -0.820. The van der Waals surface area contributed by atoms with Crippen LogP contribution < -0.4 is 19.9 Å². The van der Waals surface area contributed by atoms with Crippen LogP contribution in [0.1, 0.15) is 5.56 Å². The Hall–Kier alpha value is -4.34. The predicted octanol–water partition coefficient (Wildman–Crippen LogP) is 7.90. The van der Waals surface area contributed by atoms with Gasteiger partial charge in [0.15, 0.2) is 12.4 Å². The number of hydrogen-bond acceptors (Lipinski definition) is 5. The minimum absolute atomic E-state index is 0.0167. The number of ether oxygens (including phenoxy) is 1. The average molecular weight is 655 g/mol. The lowest BCUT2D eigenvalue weighted by molar-refractivity contribution is -0.121. The molecule has 1 heterocycles. The molecule has 0 atom stereocenters. The van der Waals surface area contributed by atoms with Gasteiger partial charge in [0.05, 0.1) is 31.5 Å². The van der Waals surface area contributed by atoms with Crippen molar-refractivity contribution >= 4 is 93.3 Å². The number of barbiturate groups is 1. The summed E-state index contributed by atoms with van der Waals surface area (Å²) in [6.07, 6.45) is 1.29. The maximum Gasteiger partial charge on any atom is 0.343 e. The number of hydrogen-bond donors (Lipinski definition) is 1. The molecule has 0 spiro atoms. The number of nitrogens with one attached hydrogen (secondary N) is 1. The van der Waals surface area contributed by atoms with Crippen LogP contribution in [0.4, 0.5) is 21.9 Å². The van der Waals surface area contributed by atoms with Gasteiger partial charge in [0, 0.05) is 5.69 Å². The molecular formula is C31H19Cl4N3O5. The third-order valence-corrected chi connectivity index (χ3v) is 7.46. The lowest BCUT2D eigenvalue weighted by Gasteiger charge is -2.33. The summed E-state index contributed by atoms with van der Waals surface area (Å²) in [5.74, 6) is -2.13. The molecule has 0 radical (unpaired) electrons. The van der Waals surface area contributed by atoms with Crippen molar-refractivity contribution in [3.05, 3.63) is 122 Å². The number of urea groups is 1. The molecule has 5 rings (SSSR count). The topological polar surface area (TPSA) is 96.0 Å². The zero-order valence-corrected chi connectivity index (χ0v) is 24.9. The first kappa shape index (κ1) is 30.1. The lowest BCUT2D eigenvalue weighted by Crippen LogP contribution is -2.57. The molecular weight excluding hydrogens is 636 g/mol. The van der Waals surface area contributed by atoms with Gasteiger partial charge in [-0.3, -0.25) is 14.4 Å². The molecule has 4 aromatic rings. The highest BCUT2D eigenvalue weighted by Gasteiger charge is 2.43. The number of carbonyl (C=O) groups is 4. The Morgan fingerprint density at radius 1 is 0.698 bits per heavy atom. The Morgan fingerprint density at radius 3 is 1.74 bits per heavy atom. The summed E-state index contributed by atoms with van der Waals surface area (Å²) in [6, 6.07) is 23.1. The molecule has 8 nitrogen and oxygen atoms in total. The summed E-state index contributed by atoms with van der Waals surface area (Å²) in [4.78, 5) is 54.8.